The number of hydrogen-bond donors (Lipinski definition) is 4. The SMILES string of the molecule is CCO.CO/N=C/c1ccc(Oc2ccc(C(F)(F)C(O)(Cn3cnnn3)c3ccc(F)cc3F)nc2)nc1.CON.Cl.O=Cc1ccc(Oc2ccc(C(F)(F)C(O)(Cn3cnnn3)c3ccc(F)cc3F)nc2)nc1. The van der Waals surface area contributed by atoms with Crippen LogP contribution >= 0.6 is 12.4 Å². The van der Waals surface area contributed by atoms with Crippen LogP contribution in [0.3, 0.4) is 0 Å². The number of hydrogen-bond acceptors (Lipinski definition) is 20. The standard InChI is InChI=1S/C22H17F4N7O3.C21H14F4N6O3.C2H6O.CH5NO.ClH/c1-35-30-10-14-2-7-20(28-9-14)36-16-4-6-19(27-11-16)22(25,26)21(34,12-33-13-29-31-32-33)17-5-3-15(23)8-18(17)24;22-14-2-4-16(17(23)7-14)20(33,11-31-12-28-29-30-31)21(24,25)18-5-3-15(9-26-18)34-19-6-1-13(10-32)8-27-19;1-2-3;1-3-2;/h2-11,13,34H,12H2,1H3;1-10,12,33H,11H2;3H,2H2,1H3;2H2,1H3;1H/b30-10+;;;;. The molecule has 0 spiro atoms. The molecule has 77 heavy (non-hydrogen) atoms. The number of nitrogens with two attached hydrogens (primary N) is 1. The van der Waals surface area contributed by atoms with Gasteiger partial charge in [0.1, 0.15) is 65.9 Å². The third kappa shape index (κ3) is 15.3. The number of halogens is 9. The van der Waals surface area contributed by atoms with E-state index in [0.29, 0.717) is 29.5 Å². The van der Waals surface area contributed by atoms with E-state index < -0.39 is 81.9 Å². The molecule has 6 heterocycles. The molecule has 0 aliphatic rings. The van der Waals surface area contributed by atoms with Crippen molar-refractivity contribution in [2.45, 2.75) is 43.1 Å². The van der Waals surface area contributed by atoms with E-state index in [1.165, 1.54) is 57.1 Å². The summed E-state index contributed by atoms with van der Waals surface area (Å²) in [5.41, 5.74) is -9.12. The topological polar surface area (TPSA) is 292 Å². The van der Waals surface area contributed by atoms with E-state index in [-0.39, 0.29) is 42.3 Å². The van der Waals surface area contributed by atoms with Gasteiger partial charge in [-0.05, 0) is 88.4 Å². The number of oxime groups is 1. The predicted molar refractivity (Wildman–Crippen MR) is 252 cm³/mol. The van der Waals surface area contributed by atoms with Crippen molar-refractivity contribution < 1.29 is 74.4 Å². The van der Waals surface area contributed by atoms with Gasteiger partial charge in [0.2, 0.25) is 11.8 Å². The second-order valence-electron chi connectivity index (χ2n) is 15.0. The van der Waals surface area contributed by atoms with Crippen LogP contribution in [0.5, 0.6) is 23.3 Å². The molecule has 0 saturated heterocycles. The third-order valence-corrected chi connectivity index (χ3v) is 9.88. The van der Waals surface area contributed by atoms with Crippen LogP contribution in [0, 0.1) is 23.3 Å². The summed E-state index contributed by atoms with van der Waals surface area (Å²) in [7, 11) is 2.80. The average molecular weight is 1110 g/mol. The molecular weight excluding hydrogens is 1060 g/mol. The Morgan fingerprint density at radius 2 is 1.05 bits per heavy atom. The molecule has 2 aromatic carbocycles. The van der Waals surface area contributed by atoms with Gasteiger partial charge in [-0.3, -0.25) is 14.8 Å². The summed E-state index contributed by atoms with van der Waals surface area (Å²) in [6, 6.07) is 13.8. The van der Waals surface area contributed by atoms with Gasteiger partial charge in [0, 0.05) is 65.5 Å². The fraction of sp³-hybridized carbons (Fsp3) is 0.217. The van der Waals surface area contributed by atoms with Crippen molar-refractivity contribution in [2.75, 3.05) is 20.8 Å². The summed E-state index contributed by atoms with van der Waals surface area (Å²) in [5.74, 6) is -8.49. The molecule has 2 atom stereocenters. The number of aromatic nitrogens is 12. The lowest BCUT2D eigenvalue weighted by molar-refractivity contribution is -0.207. The number of aliphatic hydroxyl groups excluding tert-OH is 1. The van der Waals surface area contributed by atoms with Crippen LogP contribution in [0.1, 0.15) is 45.4 Å². The van der Waals surface area contributed by atoms with Gasteiger partial charge >= 0.3 is 11.8 Å². The maximum atomic E-state index is 15.7. The molecule has 0 fully saturated rings. The summed E-state index contributed by atoms with van der Waals surface area (Å²) >= 11 is 0. The summed E-state index contributed by atoms with van der Waals surface area (Å²) in [6.45, 7) is 0.000607. The number of benzene rings is 2. The molecule has 0 radical (unpaired) electrons. The fourth-order valence-electron chi connectivity index (χ4n) is 6.41. The van der Waals surface area contributed by atoms with Crippen molar-refractivity contribution in [3.63, 3.8) is 0 Å². The molecule has 408 valence electrons. The predicted octanol–water partition coefficient (Wildman–Crippen LogP) is 6.15. The number of tetrazole rings is 2. The monoisotopic (exact) mass is 1110 g/mol. The van der Waals surface area contributed by atoms with Gasteiger partial charge in [-0.2, -0.15) is 17.6 Å². The van der Waals surface area contributed by atoms with Crippen LogP contribution in [0.15, 0.2) is 128 Å². The molecule has 2 unspecified atom stereocenters. The maximum absolute atomic E-state index is 15.7. The second kappa shape index (κ2) is 27.8. The molecule has 22 nitrogen and oxygen atoms in total. The lowest BCUT2D eigenvalue weighted by atomic mass is 9.84. The number of aldehydes is 1. The first kappa shape index (κ1) is 61.0. The van der Waals surface area contributed by atoms with Crippen molar-refractivity contribution in [3.05, 3.63) is 179 Å². The number of pyridine rings is 4. The van der Waals surface area contributed by atoms with Gasteiger partial charge in [-0.25, -0.2) is 42.8 Å². The van der Waals surface area contributed by atoms with Gasteiger partial charge in [-0.1, -0.05) is 5.16 Å². The minimum atomic E-state index is -4.19. The number of alkyl halides is 4. The van der Waals surface area contributed by atoms with Crippen LogP contribution in [0.25, 0.3) is 0 Å². The Morgan fingerprint density at radius 1 is 0.636 bits per heavy atom. The molecule has 0 amide bonds. The molecule has 8 aromatic rings. The van der Waals surface area contributed by atoms with Gasteiger partial charge in [0.05, 0.1) is 38.8 Å². The molecule has 0 aliphatic heterocycles. The van der Waals surface area contributed by atoms with E-state index >= 15 is 17.6 Å². The number of aliphatic hydroxyl groups is 3. The molecule has 0 saturated carbocycles. The zero-order valence-corrected chi connectivity index (χ0v) is 40.8. The highest BCUT2D eigenvalue weighted by Gasteiger charge is 2.59. The zero-order valence-electron chi connectivity index (χ0n) is 40.0. The number of rotatable bonds is 17. The van der Waals surface area contributed by atoms with Crippen LogP contribution in [-0.2, 0) is 45.8 Å². The lowest BCUT2D eigenvalue weighted by Crippen LogP contribution is -2.48. The second-order valence-corrected chi connectivity index (χ2v) is 15.0. The smallest absolute Gasteiger partial charge is 0.323 e. The van der Waals surface area contributed by atoms with E-state index in [1.54, 1.807) is 13.0 Å². The van der Waals surface area contributed by atoms with E-state index in [9.17, 15) is 32.6 Å². The summed E-state index contributed by atoms with van der Waals surface area (Å²) in [6.07, 6.45) is 8.59. The maximum Gasteiger partial charge on any atom is 0.323 e. The highest BCUT2D eigenvalue weighted by molar-refractivity contribution is 5.85. The molecule has 31 heteroatoms. The lowest BCUT2D eigenvalue weighted by Gasteiger charge is -2.35. The van der Waals surface area contributed by atoms with Crippen molar-refractivity contribution in [1.82, 2.24) is 60.4 Å². The first-order chi connectivity index (χ1) is 36.3. The van der Waals surface area contributed by atoms with Crippen LogP contribution in [0.2, 0.25) is 0 Å². The first-order valence-electron chi connectivity index (χ1n) is 21.4. The molecule has 8 rings (SSSR count). The average Bonchev–Trinajstić information content (AvgIpc) is 4.13. The van der Waals surface area contributed by atoms with Gasteiger partial charge in [0.25, 0.3) is 0 Å². The molecular formula is C46H43ClF8N14O8. The number of nitrogens with zero attached hydrogens (tertiary/aromatic N) is 13. The Kier molecular flexibility index (Phi) is 22.0. The van der Waals surface area contributed by atoms with Crippen molar-refractivity contribution in [3.8, 4) is 23.3 Å². The Labute approximate surface area is 436 Å². The Bertz CT molecular complexity index is 3090. The number of ether oxygens (including phenoxy) is 2. The van der Waals surface area contributed by atoms with E-state index in [1.807, 2.05) is 0 Å². The highest BCUT2D eigenvalue weighted by atomic mass is 35.5. The van der Waals surface area contributed by atoms with Crippen molar-refractivity contribution in [2.24, 2.45) is 11.1 Å². The van der Waals surface area contributed by atoms with E-state index in [0.717, 1.165) is 76.9 Å². The normalized spacial score (nSPS) is 12.7. The van der Waals surface area contributed by atoms with Gasteiger partial charge in [0.15, 0.2) is 17.5 Å². The Morgan fingerprint density at radius 3 is 1.36 bits per heavy atom. The summed E-state index contributed by atoms with van der Waals surface area (Å²) < 4.78 is 131. The minimum absolute atomic E-state index is 0. The third-order valence-electron chi connectivity index (χ3n) is 9.88. The quantitative estimate of drug-likeness (QED) is 0.0344. The summed E-state index contributed by atoms with van der Waals surface area (Å²) in [5, 5.41) is 53.7. The largest absolute Gasteiger partial charge is 0.437 e. The number of carbonyl (C=O) groups excluding carboxylic acids is 1. The Hall–Kier alpha value is -8.55. The first-order valence-corrected chi connectivity index (χ1v) is 21.4. The summed E-state index contributed by atoms with van der Waals surface area (Å²) in [4.78, 5) is 34.4. The number of carbonyl (C=O) groups is 1. The van der Waals surface area contributed by atoms with Crippen molar-refractivity contribution >= 4 is 24.9 Å². The molecule has 0 aliphatic carbocycles. The molecule has 6 aromatic heterocycles. The highest BCUT2D eigenvalue weighted by Crippen LogP contribution is 2.48. The fourth-order valence-corrected chi connectivity index (χ4v) is 6.41. The van der Waals surface area contributed by atoms with Gasteiger partial charge < -0.3 is 34.5 Å². The van der Waals surface area contributed by atoms with Crippen LogP contribution in [0.4, 0.5) is 35.1 Å². The zero-order chi connectivity index (χ0) is 55.5. The molecule has 0 bridgehead atoms. The van der Waals surface area contributed by atoms with Gasteiger partial charge in [-0.15, -0.1) is 22.6 Å². The molecule has 5 N–H and O–H groups in total. The van der Waals surface area contributed by atoms with Crippen molar-refractivity contribution in [1.29, 1.82) is 0 Å². The minimum Gasteiger partial charge on any atom is -0.437 e. The Balaban J connectivity index is 0.000000299. The van der Waals surface area contributed by atoms with Crippen LogP contribution < -0.4 is 15.4 Å². The van der Waals surface area contributed by atoms with Crippen LogP contribution in [-0.4, -0.2) is 109 Å². The van der Waals surface area contributed by atoms with E-state index in [2.05, 4.69) is 71.7 Å². The van der Waals surface area contributed by atoms with E-state index in [4.69, 9.17) is 14.6 Å².